The van der Waals surface area contributed by atoms with Gasteiger partial charge in [0.2, 0.25) is 0 Å². The summed E-state index contributed by atoms with van der Waals surface area (Å²) in [5.41, 5.74) is 2.81. The predicted octanol–water partition coefficient (Wildman–Crippen LogP) is 5.47. The van der Waals surface area contributed by atoms with E-state index in [0.29, 0.717) is 5.76 Å². The molecular weight excluding hydrogens is 386 g/mol. The molecule has 24 heavy (non-hydrogen) atoms. The molecule has 1 unspecified atom stereocenters. The fraction of sp³-hybridized carbons (Fsp3) is 0.211. The van der Waals surface area contributed by atoms with E-state index in [1.54, 1.807) is 0 Å². The van der Waals surface area contributed by atoms with E-state index in [2.05, 4.69) is 33.4 Å². The van der Waals surface area contributed by atoms with Crippen LogP contribution in [0.4, 0.5) is 0 Å². The Morgan fingerprint density at radius 1 is 1.29 bits per heavy atom. The molecule has 0 fully saturated rings. The highest BCUT2D eigenvalue weighted by Crippen LogP contribution is 2.36. The molecule has 1 amide bonds. The number of rotatable bonds is 2. The lowest BCUT2D eigenvalue weighted by Crippen LogP contribution is -2.30. The fourth-order valence-corrected chi connectivity index (χ4v) is 4.61. The van der Waals surface area contributed by atoms with E-state index < -0.39 is 0 Å². The molecule has 0 aliphatic carbocycles. The summed E-state index contributed by atoms with van der Waals surface area (Å²) in [7, 11) is 0. The van der Waals surface area contributed by atoms with Crippen molar-refractivity contribution >= 4 is 44.6 Å². The first-order valence-corrected chi connectivity index (χ1v) is 9.62. The van der Waals surface area contributed by atoms with Crippen LogP contribution < -0.4 is 5.32 Å². The molecular formula is C19H16BrNO2S. The number of aryl methyl sites for hydroxylation is 1. The lowest BCUT2D eigenvalue weighted by Gasteiger charge is -2.25. The summed E-state index contributed by atoms with van der Waals surface area (Å²) in [6.45, 7) is 1.93. The molecule has 0 saturated carbocycles. The standard InChI is InChI=1S/C19H16BrNO2S/c1-11-14-10-12(20)6-7-16(14)23-18(11)19(22)21-15-8-9-24-17-5-3-2-4-13(15)17/h2-7,10,15H,8-9H2,1H3,(H,21,22). The lowest BCUT2D eigenvalue weighted by molar-refractivity contribution is 0.0908. The van der Waals surface area contributed by atoms with Crippen LogP contribution in [0, 0.1) is 6.92 Å². The second-order valence-electron chi connectivity index (χ2n) is 5.90. The fourth-order valence-electron chi connectivity index (χ4n) is 3.13. The molecule has 0 spiro atoms. The van der Waals surface area contributed by atoms with Crippen LogP contribution >= 0.6 is 27.7 Å². The molecule has 1 atom stereocenters. The largest absolute Gasteiger partial charge is 0.451 e. The molecule has 3 nitrogen and oxygen atoms in total. The van der Waals surface area contributed by atoms with Crippen LogP contribution in [0.1, 0.15) is 34.1 Å². The first-order chi connectivity index (χ1) is 11.6. The number of halogens is 1. The van der Waals surface area contributed by atoms with E-state index >= 15 is 0 Å². The maximum Gasteiger partial charge on any atom is 0.287 e. The molecule has 0 bridgehead atoms. The number of carbonyl (C=O) groups excluding carboxylic acids is 1. The molecule has 5 heteroatoms. The Morgan fingerprint density at radius 3 is 3.00 bits per heavy atom. The van der Waals surface area contributed by atoms with E-state index in [9.17, 15) is 4.79 Å². The number of hydrogen-bond donors (Lipinski definition) is 1. The normalized spacial score (nSPS) is 16.8. The molecule has 122 valence electrons. The van der Waals surface area contributed by atoms with Gasteiger partial charge < -0.3 is 9.73 Å². The van der Waals surface area contributed by atoms with E-state index in [1.807, 2.05) is 49.0 Å². The maximum atomic E-state index is 12.8. The van der Waals surface area contributed by atoms with Crippen molar-refractivity contribution in [3.63, 3.8) is 0 Å². The minimum Gasteiger partial charge on any atom is -0.451 e. The average molecular weight is 402 g/mol. The zero-order valence-electron chi connectivity index (χ0n) is 13.1. The summed E-state index contributed by atoms with van der Waals surface area (Å²) in [5, 5.41) is 4.12. The van der Waals surface area contributed by atoms with Crippen molar-refractivity contribution in [2.45, 2.75) is 24.3 Å². The lowest BCUT2D eigenvalue weighted by atomic mass is 10.0. The third-order valence-electron chi connectivity index (χ3n) is 4.37. The van der Waals surface area contributed by atoms with Crippen molar-refractivity contribution in [1.29, 1.82) is 0 Å². The van der Waals surface area contributed by atoms with Crippen molar-refractivity contribution in [1.82, 2.24) is 5.32 Å². The molecule has 1 aliphatic rings. The van der Waals surface area contributed by atoms with Crippen LogP contribution in [-0.4, -0.2) is 11.7 Å². The van der Waals surface area contributed by atoms with Gasteiger partial charge in [0.15, 0.2) is 5.76 Å². The van der Waals surface area contributed by atoms with Gasteiger partial charge in [0, 0.05) is 26.1 Å². The number of benzene rings is 2. The van der Waals surface area contributed by atoms with Crippen LogP contribution in [0.2, 0.25) is 0 Å². The Hall–Kier alpha value is -1.72. The number of furan rings is 1. The van der Waals surface area contributed by atoms with E-state index in [-0.39, 0.29) is 11.9 Å². The van der Waals surface area contributed by atoms with Crippen LogP contribution in [0.5, 0.6) is 0 Å². The van der Waals surface area contributed by atoms with Gasteiger partial charge in [-0.3, -0.25) is 4.79 Å². The highest BCUT2D eigenvalue weighted by Gasteiger charge is 2.25. The Bertz CT molecular complexity index is 934. The SMILES string of the molecule is Cc1c(C(=O)NC2CCSc3ccccc32)oc2ccc(Br)cc12. The first-order valence-electron chi connectivity index (χ1n) is 7.85. The average Bonchev–Trinajstić information content (AvgIpc) is 2.92. The summed E-state index contributed by atoms with van der Waals surface area (Å²) in [4.78, 5) is 14.0. The highest BCUT2D eigenvalue weighted by atomic mass is 79.9. The Morgan fingerprint density at radius 2 is 2.12 bits per heavy atom. The van der Waals surface area contributed by atoms with Gasteiger partial charge in [-0.2, -0.15) is 0 Å². The molecule has 1 aliphatic heterocycles. The molecule has 0 radical (unpaired) electrons. The second kappa shape index (κ2) is 6.30. The van der Waals surface area contributed by atoms with Crippen LogP contribution in [0.3, 0.4) is 0 Å². The van der Waals surface area contributed by atoms with Gasteiger partial charge in [-0.05, 0) is 43.2 Å². The smallest absolute Gasteiger partial charge is 0.287 e. The van der Waals surface area contributed by atoms with Crippen LogP contribution in [-0.2, 0) is 0 Å². The van der Waals surface area contributed by atoms with Crippen molar-refractivity contribution in [2.75, 3.05) is 5.75 Å². The molecule has 2 aromatic carbocycles. The highest BCUT2D eigenvalue weighted by molar-refractivity contribution is 9.10. The number of thioether (sulfide) groups is 1. The van der Waals surface area contributed by atoms with Crippen LogP contribution in [0.25, 0.3) is 11.0 Å². The van der Waals surface area contributed by atoms with Crippen LogP contribution in [0.15, 0.2) is 56.2 Å². The number of hydrogen-bond acceptors (Lipinski definition) is 3. The Labute approximate surface area is 152 Å². The summed E-state index contributed by atoms with van der Waals surface area (Å²) in [6, 6.07) is 14.1. The molecule has 4 rings (SSSR count). The molecule has 0 saturated heterocycles. The van der Waals surface area contributed by atoms with Gasteiger partial charge in [-0.1, -0.05) is 34.1 Å². The van der Waals surface area contributed by atoms with Crippen molar-refractivity contribution in [3.05, 3.63) is 63.8 Å². The molecule has 2 heterocycles. The Balaban J connectivity index is 1.65. The monoisotopic (exact) mass is 401 g/mol. The quantitative estimate of drug-likeness (QED) is 0.618. The van der Waals surface area contributed by atoms with Gasteiger partial charge in [0.25, 0.3) is 5.91 Å². The summed E-state index contributed by atoms with van der Waals surface area (Å²) in [6.07, 6.45) is 0.929. The van der Waals surface area contributed by atoms with E-state index in [4.69, 9.17) is 4.42 Å². The first kappa shape index (κ1) is 15.8. The van der Waals surface area contributed by atoms with Crippen molar-refractivity contribution in [3.8, 4) is 0 Å². The van der Waals surface area contributed by atoms with E-state index in [1.165, 1.54) is 10.5 Å². The zero-order valence-corrected chi connectivity index (χ0v) is 15.5. The third-order valence-corrected chi connectivity index (χ3v) is 5.98. The minimum absolute atomic E-state index is 0.0364. The zero-order chi connectivity index (χ0) is 16.7. The minimum atomic E-state index is -0.147. The topological polar surface area (TPSA) is 42.2 Å². The van der Waals surface area contributed by atoms with Gasteiger partial charge in [0.05, 0.1) is 6.04 Å². The van der Waals surface area contributed by atoms with Crippen molar-refractivity contribution in [2.24, 2.45) is 0 Å². The molecule has 1 aromatic heterocycles. The number of carbonyl (C=O) groups is 1. The molecule has 3 aromatic rings. The summed E-state index contributed by atoms with van der Waals surface area (Å²) in [5.74, 6) is 1.26. The number of amides is 1. The Kier molecular flexibility index (Phi) is 4.14. The van der Waals surface area contributed by atoms with Gasteiger partial charge in [-0.25, -0.2) is 0 Å². The number of nitrogens with one attached hydrogen (secondary N) is 1. The van der Waals surface area contributed by atoms with Gasteiger partial charge in [0.1, 0.15) is 5.58 Å². The second-order valence-corrected chi connectivity index (χ2v) is 7.95. The van der Waals surface area contributed by atoms with E-state index in [0.717, 1.165) is 33.2 Å². The summed E-state index contributed by atoms with van der Waals surface area (Å²) < 4.78 is 6.78. The third kappa shape index (κ3) is 2.76. The van der Waals surface area contributed by atoms with Gasteiger partial charge in [-0.15, -0.1) is 11.8 Å². The van der Waals surface area contributed by atoms with Crippen molar-refractivity contribution < 1.29 is 9.21 Å². The maximum absolute atomic E-state index is 12.8. The van der Waals surface area contributed by atoms with Gasteiger partial charge >= 0.3 is 0 Å². The predicted molar refractivity (Wildman–Crippen MR) is 101 cm³/mol. The molecule has 1 N–H and O–H groups in total. The number of fused-ring (bicyclic) bond motifs is 2. The summed E-state index contributed by atoms with van der Waals surface area (Å²) >= 11 is 5.31.